The van der Waals surface area contributed by atoms with Crippen molar-refractivity contribution >= 4 is 22.8 Å². The van der Waals surface area contributed by atoms with Crippen molar-refractivity contribution in [2.24, 2.45) is 7.05 Å². The van der Waals surface area contributed by atoms with Gasteiger partial charge in [-0.1, -0.05) is 19.4 Å². The minimum absolute atomic E-state index is 0.261. The van der Waals surface area contributed by atoms with E-state index in [1.54, 1.807) is 14.2 Å². The third-order valence-corrected chi connectivity index (χ3v) is 5.36. The first-order chi connectivity index (χ1) is 13.5. The zero-order valence-corrected chi connectivity index (χ0v) is 16.7. The highest BCUT2D eigenvalue weighted by Crippen LogP contribution is 2.37. The normalized spacial score (nSPS) is 13.4. The summed E-state index contributed by atoms with van der Waals surface area (Å²) in [5, 5.41) is 0. The molecule has 8 nitrogen and oxygen atoms in total. The van der Waals surface area contributed by atoms with Crippen LogP contribution in [0, 0.1) is 6.92 Å². The Kier molecular flexibility index (Phi) is 4.49. The van der Waals surface area contributed by atoms with Gasteiger partial charge in [0, 0.05) is 26.7 Å². The molecule has 0 saturated carbocycles. The van der Waals surface area contributed by atoms with Gasteiger partial charge in [0.2, 0.25) is 5.95 Å². The van der Waals surface area contributed by atoms with Crippen LogP contribution < -0.4 is 20.9 Å². The Morgan fingerprint density at radius 1 is 1.21 bits per heavy atom. The fourth-order valence-corrected chi connectivity index (χ4v) is 3.83. The Labute approximate surface area is 162 Å². The lowest BCUT2D eigenvalue weighted by Crippen LogP contribution is -2.39. The summed E-state index contributed by atoms with van der Waals surface area (Å²) < 4.78 is 10.3. The summed E-state index contributed by atoms with van der Waals surface area (Å²) in [6.45, 7) is 5.81. The highest BCUT2D eigenvalue weighted by molar-refractivity contribution is 5.79. The Bertz CT molecular complexity index is 1170. The fraction of sp³-hybridized carbons (Fsp3) is 0.450. The van der Waals surface area contributed by atoms with Crippen molar-refractivity contribution in [2.75, 3.05) is 18.6 Å². The van der Waals surface area contributed by atoms with E-state index in [2.05, 4.69) is 4.98 Å². The van der Waals surface area contributed by atoms with Crippen LogP contribution in [0.3, 0.4) is 0 Å². The predicted molar refractivity (Wildman–Crippen MR) is 109 cm³/mol. The Balaban J connectivity index is 1.93. The highest BCUT2D eigenvalue weighted by Gasteiger charge is 2.30. The van der Waals surface area contributed by atoms with Crippen LogP contribution in [0.4, 0.5) is 11.6 Å². The molecular formula is C20H25N5O3. The average Bonchev–Trinajstić information content (AvgIpc) is 3.25. The lowest BCUT2D eigenvalue weighted by atomic mass is 10.2. The molecule has 1 aromatic carbocycles. The number of aryl methyl sites for hydroxylation is 2. The Morgan fingerprint density at radius 3 is 2.71 bits per heavy atom. The van der Waals surface area contributed by atoms with E-state index in [0.29, 0.717) is 36.7 Å². The Morgan fingerprint density at radius 2 is 2.00 bits per heavy atom. The van der Waals surface area contributed by atoms with Gasteiger partial charge in [0.1, 0.15) is 5.75 Å². The summed E-state index contributed by atoms with van der Waals surface area (Å²) >= 11 is 0. The predicted octanol–water partition coefficient (Wildman–Crippen LogP) is 2.17. The van der Waals surface area contributed by atoms with E-state index in [1.807, 2.05) is 41.5 Å². The quantitative estimate of drug-likeness (QED) is 0.675. The van der Waals surface area contributed by atoms with Crippen molar-refractivity contribution in [3.63, 3.8) is 0 Å². The number of methoxy groups -OCH3 is 1. The number of rotatable bonds is 5. The third kappa shape index (κ3) is 2.63. The molecule has 8 heteroatoms. The molecule has 28 heavy (non-hydrogen) atoms. The standard InChI is InChI=1S/C20H25N5O3/c1-5-6-9-25-18(26)16-17(22(3)20(25)27)21-19-23(10-11-24(16)19)14-12-13(2)7-8-15(14)28-4/h7-8,12H,5-6,9-11H2,1-4H3. The van der Waals surface area contributed by atoms with Crippen molar-refractivity contribution in [3.05, 3.63) is 44.6 Å². The molecule has 2 aromatic heterocycles. The first kappa shape index (κ1) is 18.3. The van der Waals surface area contributed by atoms with Gasteiger partial charge < -0.3 is 14.2 Å². The van der Waals surface area contributed by atoms with Crippen LogP contribution in [0.15, 0.2) is 27.8 Å². The topological polar surface area (TPSA) is 74.3 Å². The van der Waals surface area contributed by atoms with Crippen LogP contribution in [-0.2, 0) is 20.1 Å². The molecule has 0 bridgehead atoms. The third-order valence-electron chi connectivity index (χ3n) is 5.36. The van der Waals surface area contributed by atoms with E-state index in [0.717, 1.165) is 29.8 Å². The molecule has 0 unspecified atom stereocenters. The molecule has 148 valence electrons. The number of aromatic nitrogens is 4. The van der Waals surface area contributed by atoms with E-state index in [4.69, 9.17) is 4.74 Å². The molecule has 0 N–H and O–H groups in total. The van der Waals surface area contributed by atoms with Crippen molar-refractivity contribution < 1.29 is 4.74 Å². The lowest BCUT2D eigenvalue weighted by molar-refractivity contribution is 0.415. The summed E-state index contributed by atoms with van der Waals surface area (Å²) in [5.74, 6) is 1.42. The molecule has 0 amide bonds. The summed E-state index contributed by atoms with van der Waals surface area (Å²) in [6, 6.07) is 5.98. The van der Waals surface area contributed by atoms with Crippen molar-refractivity contribution in [1.29, 1.82) is 0 Å². The van der Waals surface area contributed by atoms with Gasteiger partial charge in [0.25, 0.3) is 5.56 Å². The molecule has 3 aromatic rings. The minimum atomic E-state index is -0.317. The highest BCUT2D eigenvalue weighted by atomic mass is 16.5. The SMILES string of the molecule is CCCCn1c(=O)c2c(nc3n2CCN3c2cc(C)ccc2OC)n(C)c1=O. The number of benzene rings is 1. The second kappa shape index (κ2) is 6.85. The van der Waals surface area contributed by atoms with E-state index in [9.17, 15) is 9.59 Å². The van der Waals surface area contributed by atoms with Crippen molar-refractivity contribution in [1.82, 2.24) is 18.7 Å². The minimum Gasteiger partial charge on any atom is -0.495 e. The summed E-state index contributed by atoms with van der Waals surface area (Å²) in [5.41, 5.74) is 2.36. The van der Waals surface area contributed by atoms with Gasteiger partial charge in [0.05, 0.1) is 12.8 Å². The van der Waals surface area contributed by atoms with Crippen LogP contribution in [-0.4, -0.2) is 32.3 Å². The average molecular weight is 383 g/mol. The zero-order valence-electron chi connectivity index (χ0n) is 16.7. The van der Waals surface area contributed by atoms with Gasteiger partial charge in [0.15, 0.2) is 11.2 Å². The smallest absolute Gasteiger partial charge is 0.332 e. The van der Waals surface area contributed by atoms with Crippen LogP contribution >= 0.6 is 0 Å². The molecule has 0 atom stereocenters. The van der Waals surface area contributed by atoms with Gasteiger partial charge >= 0.3 is 5.69 Å². The molecule has 0 fully saturated rings. The molecule has 0 spiro atoms. The van der Waals surface area contributed by atoms with E-state index in [1.165, 1.54) is 9.13 Å². The summed E-state index contributed by atoms with van der Waals surface area (Å²) in [6.07, 6.45) is 1.70. The molecule has 0 saturated heterocycles. The van der Waals surface area contributed by atoms with Gasteiger partial charge in [-0.15, -0.1) is 0 Å². The van der Waals surface area contributed by atoms with Crippen molar-refractivity contribution in [3.8, 4) is 5.75 Å². The van der Waals surface area contributed by atoms with E-state index in [-0.39, 0.29) is 11.2 Å². The number of ether oxygens (including phenoxy) is 1. The van der Waals surface area contributed by atoms with E-state index >= 15 is 0 Å². The van der Waals surface area contributed by atoms with E-state index < -0.39 is 0 Å². The Hall–Kier alpha value is -3.03. The maximum Gasteiger partial charge on any atom is 0.332 e. The zero-order chi connectivity index (χ0) is 20.0. The summed E-state index contributed by atoms with van der Waals surface area (Å²) in [7, 11) is 3.32. The van der Waals surface area contributed by atoms with Gasteiger partial charge in [-0.3, -0.25) is 13.9 Å². The second-order valence-corrected chi connectivity index (χ2v) is 7.21. The molecular weight excluding hydrogens is 358 g/mol. The van der Waals surface area contributed by atoms with Crippen LogP contribution in [0.25, 0.3) is 11.2 Å². The number of hydrogen-bond donors (Lipinski definition) is 0. The largest absolute Gasteiger partial charge is 0.495 e. The number of imidazole rings is 1. The second-order valence-electron chi connectivity index (χ2n) is 7.21. The van der Waals surface area contributed by atoms with Gasteiger partial charge in [-0.25, -0.2) is 4.79 Å². The molecule has 3 heterocycles. The fourth-order valence-electron chi connectivity index (χ4n) is 3.83. The summed E-state index contributed by atoms with van der Waals surface area (Å²) in [4.78, 5) is 32.5. The van der Waals surface area contributed by atoms with Crippen LogP contribution in [0.5, 0.6) is 5.75 Å². The number of hydrogen-bond acceptors (Lipinski definition) is 5. The van der Waals surface area contributed by atoms with Gasteiger partial charge in [-0.2, -0.15) is 4.98 Å². The lowest BCUT2D eigenvalue weighted by Gasteiger charge is -2.19. The first-order valence-electron chi connectivity index (χ1n) is 9.60. The molecule has 0 radical (unpaired) electrons. The van der Waals surface area contributed by atoms with Gasteiger partial charge in [-0.05, 0) is 31.0 Å². The number of nitrogens with zero attached hydrogens (tertiary/aromatic N) is 5. The number of unbranched alkanes of at least 4 members (excludes halogenated alkanes) is 1. The van der Waals surface area contributed by atoms with Crippen molar-refractivity contribution in [2.45, 2.75) is 39.8 Å². The van der Waals surface area contributed by atoms with Crippen LogP contribution in [0.2, 0.25) is 0 Å². The monoisotopic (exact) mass is 383 g/mol. The van der Waals surface area contributed by atoms with Crippen LogP contribution in [0.1, 0.15) is 25.3 Å². The molecule has 4 rings (SSSR count). The number of anilines is 2. The molecule has 1 aliphatic rings. The molecule has 1 aliphatic heterocycles. The maximum atomic E-state index is 13.1. The number of fused-ring (bicyclic) bond motifs is 3. The first-order valence-corrected chi connectivity index (χ1v) is 9.60. The maximum absolute atomic E-state index is 13.1. The molecule has 0 aliphatic carbocycles.